The van der Waals surface area contributed by atoms with Crippen molar-refractivity contribution < 1.29 is 0 Å². The van der Waals surface area contributed by atoms with Gasteiger partial charge in [-0.05, 0) is 37.5 Å². The molecule has 2 rings (SSSR count). The Hall–Kier alpha value is 0.350. The van der Waals surface area contributed by atoms with Crippen LogP contribution in [0.15, 0.2) is 0 Å². The normalized spacial score (nSPS) is 39.2. The molecular formula is C14H26S. The van der Waals surface area contributed by atoms with E-state index in [1.807, 2.05) is 0 Å². The Morgan fingerprint density at radius 2 is 1.33 bits per heavy atom. The number of rotatable bonds is 2. The fraction of sp³-hybridized carbons (Fsp3) is 1.00. The molecule has 0 aliphatic heterocycles. The fourth-order valence-electron chi connectivity index (χ4n) is 3.34. The predicted octanol–water partition coefficient (Wildman–Crippen LogP) is 4.88. The smallest absolute Gasteiger partial charge is 0.0101 e. The molecule has 0 spiro atoms. The van der Waals surface area contributed by atoms with Gasteiger partial charge in [-0.25, -0.2) is 0 Å². The fourth-order valence-corrected chi connectivity index (χ4v) is 5.20. The average molecular weight is 226 g/mol. The maximum Gasteiger partial charge on any atom is 0.0101 e. The summed E-state index contributed by atoms with van der Waals surface area (Å²) in [6.45, 7) is 4.96. The molecule has 2 saturated carbocycles. The van der Waals surface area contributed by atoms with Gasteiger partial charge in [0, 0.05) is 10.5 Å². The highest BCUT2D eigenvalue weighted by Gasteiger charge is 2.30. The van der Waals surface area contributed by atoms with Gasteiger partial charge in [0.25, 0.3) is 0 Å². The molecular weight excluding hydrogens is 200 g/mol. The van der Waals surface area contributed by atoms with Gasteiger partial charge in [0.1, 0.15) is 0 Å². The van der Waals surface area contributed by atoms with Crippen molar-refractivity contribution in [1.29, 1.82) is 0 Å². The third-order valence-electron chi connectivity index (χ3n) is 4.34. The van der Waals surface area contributed by atoms with E-state index in [0.29, 0.717) is 0 Å². The lowest BCUT2D eigenvalue weighted by molar-refractivity contribution is 0.312. The topological polar surface area (TPSA) is 0 Å². The van der Waals surface area contributed by atoms with Crippen LogP contribution < -0.4 is 0 Å². The van der Waals surface area contributed by atoms with Gasteiger partial charge in [-0.2, -0.15) is 11.8 Å². The van der Waals surface area contributed by atoms with E-state index in [2.05, 4.69) is 25.6 Å². The van der Waals surface area contributed by atoms with Crippen LogP contribution in [0.3, 0.4) is 0 Å². The standard InChI is InChI=1S/C14H26S/c1-11-7-6-8-12(2)14(11)15-13-9-4-3-5-10-13/h11-14H,3-10H2,1-2H3. The zero-order valence-corrected chi connectivity index (χ0v) is 11.2. The molecule has 0 aromatic rings. The summed E-state index contributed by atoms with van der Waals surface area (Å²) < 4.78 is 0. The van der Waals surface area contributed by atoms with Crippen molar-refractivity contribution in [2.45, 2.75) is 75.7 Å². The van der Waals surface area contributed by atoms with E-state index in [1.54, 1.807) is 0 Å². The van der Waals surface area contributed by atoms with Crippen LogP contribution in [-0.4, -0.2) is 10.5 Å². The minimum absolute atomic E-state index is 0.973. The van der Waals surface area contributed by atoms with E-state index in [1.165, 1.54) is 51.4 Å². The second-order valence-electron chi connectivity index (χ2n) is 5.75. The van der Waals surface area contributed by atoms with Crippen molar-refractivity contribution in [3.63, 3.8) is 0 Å². The van der Waals surface area contributed by atoms with Gasteiger partial charge in [-0.3, -0.25) is 0 Å². The largest absolute Gasteiger partial charge is 0.155 e. The van der Waals surface area contributed by atoms with E-state index < -0.39 is 0 Å². The Kier molecular flexibility index (Phi) is 4.42. The maximum atomic E-state index is 2.48. The Bertz CT molecular complexity index is 174. The first kappa shape index (κ1) is 11.8. The molecule has 88 valence electrons. The van der Waals surface area contributed by atoms with E-state index in [4.69, 9.17) is 0 Å². The summed E-state index contributed by atoms with van der Waals surface area (Å²) in [5, 5.41) is 1.98. The van der Waals surface area contributed by atoms with Gasteiger partial charge in [-0.15, -0.1) is 0 Å². The van der Waals surface area contributed by atoms with Gasteiger partial charge < -0.3 is 0 Å². The molecule has 0 nitrogen and oxygen atoms in total. The molecule has 2 atom stereocenters. The van der Waals surface area contributed by atoms with Crippen molar-refractivity contribution in [3.8, 4) is 0 Å². The van der Waals surface area contributed by atoms with Crippen LogP contribution in [0, 0.1) is 11.8 Å². The van der Waals surface area contributed by atoms with Crippen LogP contribution in [0.4, 0.5) is 0 Å². The molecule has 2 unspecified atom stereocenters. The minimum atomic E-state index is 0.973. The third-order valence-corrected chi connectivity index (χ3v) is 6.44. The SMILES string of the molecule is CC1CCCC(C)C1SC1CCCCC1. The summed E-state index contributed by atoms with van der Waals surface area (Å²) in [5.41, 5.74) is 0. The summed E-state index contributed by atoms with van der Waals surface area (Å²) in [6.07, 6.45) is 11.9. The molecule has 0 saturated heterocycles. The lowest BCUT2D eigenvalue weighted by atomic mass is 9.83. The number of hydrogen-bond donors (Lipinski definition) is 0. The van der Waals surface area contributed by atoms with E-state index >= 15 is 0 Å². The molecule has 1 heteroatoms. The molecule has 15 heavy (non-hydrogen) atoms. The van der Waals surface area contributed by atoms with Crippen molar-refractivity contribution in [2.75, 3.05) is 0 Å². The molecule has 2 aliphatic rings. The molecule has 0 aromatic heterocycles. The van der Waals surface area contributed by atoms with Crippen LogP contribution in [0.5, 0.6) is 0 Å². The van der Waals surface area contributed by atoms with Gasteiger partial charge >= 0.3 is 0 Å². The molecule has 0 amide bonds. The van der Waals surface area contributed by atoms with Crippen LogP contribution in [-0.2, 0) is 0 Å². The van der Waals surface area contributed by atoms with Gasteiger partial charge in [0.05, 0.1) is 0 Å². The maximum absolute atomic E-state index is 2.48. The molecule has 0 aromatic carbocycles. The lowest BCUT2D eigenvalue weighted by Gasteiger charge is -2.37. The molecule has 0 radical (unpaired) electrons. The van der Waals surface area contributed by atoms with Crippen molar-refractivity contribution >= 4 is 11.8 Å². The van der Waals surface area contributed by atoms with E-state index in [0.717, 1.165) is 22.3 Å². The molecule has 0 heterocycles. The summed E-state index contributed by atoms with van der Waals surface area (Å²) in [4.78, 5) is 0. The summed E-state index contributed by atoms with van der Waals surface area (Å²) in [6, 6.07) is 0. The van der Waals surface area contributed by atoms with Crippen LogP contribution >= 0.6 is 11.8 Å². The van der Waals surface area contributed by atoms with Crippen molar-refractivity contribution in [1.82, 2.24) is 0 Å². The average Bonchev–Trinajstić information content (AvgIpc) is 2.25. The monoisotopic (exact) mass is 226 g/mol. The lowest BCUT2D eigenvalue weighted by Crippen LogP contribution is -2.29. The second-order valence-corrected chi connectivity index (χ2v) is 7.23. The highest BCUT2D eigenvalue weighted by atomic mass is 32.2. The highest BCUT2D eigenvalue weighted by Crippen LogP contribution is 2.42. The van der Waals surface area contributed by atoms with Gasteiger partial charge in [-0.1, -0.05) is 39.5 Å². The van der Waals surface area contributed by atoms with Crippen molar-refractivity contribution in [3.05, 3.63) is 0 Å². The predicted molar refractivity (Wildman–Crippen MR) is 70.4 cm³/mol. The number of thioether (sulfide) groups is 1. The zero-order chi connectivity index (χ0) is 10.7. The van der Waals surface area contributed by atoms with Crippen LogP contribution in [0.2, 0.25) is 0 Å². The Morgan fingerprint density at radius 1 is 0.733 bits per heavy atom. The summed E-state index contributed by atoms with van der Waals surface area (Å²) in [5.74, 6) is 1.95. The Balaban J connectivity index is 1.84. The van der Waals surface area contributed by atoms with Gasteiger partial charge in [0.15, 0.2) is 0 Å². The number of hydrogen-bond acceptors (Lipinski definition) is 1. The van der Waals surface area contributed by atoms with Gasteiger partial charge in [0.2, 0.25) is 0 Å². The first-order valence-electron chi connectivity index (χ1n) is 6.93. The molecule has 0 bridgehead atoms. The molecule has 2 fully saturated rings. The first-order chi connectivity index (χ1) is 7.27. The second kappa shape index (κ2) is 5.61. The van der Waals surface area contributed by atoms with Crippen molar-refractivity contribution in [2.24, 2.45) is 11.8 Å². The van der Waals surface area contributed by atoms with E-state index in [-0.39, 0.29) is 0 Å². The quantitative estimate of drug-likeness (QED) is 0.647. The Morgan fingerprint density at radius 3 is 1.93 bits per heavy atom. The molecule has 2 aliphatic carbocycles. The highest BCUT2D eigenvalue weighted by molar-refractivity contribution is 8.00. The third kappa shape index (κ3) is 3.15. The van der Waals surface area contributed by atoms with E-state index in [9.17, 15) is 0 Å². The summed E-state index contributed by atoms with van der Waals surface area (Å²) in [7, 11) is 0. The molecule has 0 N–H and O–H groups in total. The van der Waals surface area contributed by atoms with Crippen LogP contribution in [0.25, 0.3) is 0 Å². The zero-order valence-electron chi connectivity index (χ0n) is 10.4. The summed E-state index contributed by atoms with van der Waals surface area (Å²) >= 11 is 2.36. The minimum Gasteiger partial charge on any atom is -0.155 e. The van der Waals surface area contributed by atoms with Crippen LogP contribution in [0.1, 0.15) is 65.2 Å². The first-order valence-corrected chi connectivity index (χ1v) is 7.87. The Labute approximate surface area is 99.6 Å².